The number of carbonyl (C=O) groups excluding carboxylic acids is 1. The number of imidazole rings is 1. The van der Waals surface area contributed by atoms with Crippen LogP contribution in [-0.2, 0) is 11.2 Å². The van der Waals surface area contributed by atoms with E-state index in [4.69, 9.17) is 4.74 Å². The molecule has 3 aromatic rings. The molecule has 0 radical (unpaired) electrons. The largest absolute Gasteiger partial charge is 0.465 e. The number of aromatic nitrogens is 2. The van der Waals surface area contributed by atoms with Gasteiger partial charge in [0.25, 0.3) is 0 Å². The van der Waals surface area contributed by atoms with Gasteiger partial charge in [0.15, 0.2) is 0 Å². The molecule has 0 bridgehead atoms. The molecule has 106 valence electrons. The Morgan fingerprint density at radius 2 is 1.95 bits per heavy atom. The van der Waals surface area contributed by atoms with E-state index in [2.05, 4.69) is 36.2 Å². The monoisotopic (exact) mass is 280 g/mol. The van der Waals surface area contributed by atoms with Gasteiger partial charge < -0.3 is 9.14 Å². The van der Waals surface area contributed by atoms with Crippen molar-refractivity contribution >= 4 is 11.5 Å². The number of aryl methyl sites for hydroxylation is 1. The fraction of sp³-hybridized carbons (Fsp3) is 0.176. The first-order valence-corrected chi connectivity index (χ1v) is 6.77. The number of fused-ring (bicyclic) bond motifs is 1. The molecule has 0 spiro atoms. The van der Waals surface area contributed by atoms with Crippen molar-refractivity contribution in [3.8, 4) is 0 Å². The van der Waals surface area contributed by atoms with Crippen molar-refractivity contribution in [3.05, 3.63) is 71.3 Å². The van der Waals surface area contributed by atoms with Gasteiger partial charge in [0.1, 0.15) is 5.82 Å². The lowest BCUT2D eigenvalue weighted by Crippen LogP contribution is -2.04. The van der Waals surface area contributed by atoms with Crippen LogP contribution in [0.2, 0.25) is 0 Å². The van der Waals surface area contributed by atoms with Crippen LogP contribution in [-0.4, -0.2) is 22.5 Å². The summed E-state index contributed by atoms with van der Waals surface area (Å²) in [6.07, 6.45) is 4.31. The second-order valence-corrected chi connectivity index (χ2v) is 5.04. The van der Waals surface area contributed by atoms with Crippen LogP contribution in [0.3, 0.4) is 0 Å². The average Bonchev–Trinajstić information content (AvgIpc) is 2.91. The van der Waals surface area contributed by atoms with Gasteiger partial charge in [-0.15, -0.1) is 0 Å². The predicted octanol–water partition coefficient (Wildman–Crippen LogP) is 3.02. The Morgan fingerprint density at radius 1 is 1.19 bits per heavy atom. The third-order valence-electron chi connectivity index (χ3n) is 3.51. The second kappa shape index (κ2) is 5.40. The van der Waals surface area contributed by atoms with Gasteiger partial charge in [0.2, 0.25) is 0 Å². The van der Waals surface area contributed by atoms with E-state index in [0.717, 1.165) is 17.8 Å². The SMILES string of the molecule is COC(=O)c1ccc2cnc(Cc3ccc(C)cc3)n2c1. The molecule has 0 N–H and O–H groups in total. The summed E-state index contributed by atoms with van der Waals surface area (Å²) in [5.41, 5.74) is 3.91. The van der Waals surface area contributed by atoms with Crippen molar-refractivity contribution in [2.24, 2.45) is 0 Å². The van der Waals surface area contributed by atoms with Gasteiger partial charge in [-0.25, -0.2) is 9.78 Å². The number of hydrogen-bond acceptors (Lipinski definition) is 3. The molecule has 4 nitrogen and oxygen atoms in total. The first-order chi connectivity index (χ1) is 10.2. The van der Waals surface area contributed by atoms with Crippen LogP contribution < -0.4 is 0 Å². The van der Waals surface area contributed by atoms with Crippen LogP contribution in [0.5, 0.6) is 0 Å². The summed E-state index contributed by atoms with van der Waals surface area (Å²) < 4.78 is 6.70. The normalized spacial score (nSPS) is 10.8. The van der Waals surface area contributed by atoms with Gasteiger partial charge in [-0.05, 0) is 24.6 Å². The van der Waals surface area contributed by atoms with Gasteiger partial charge in [0, 0.05) is 12.6 Å². The standard InChI is InChI=1S/C17H16N2O2/c1-12-3-5-13(6-4-12)9-16-18-10-15-8-7-14(11-19(15)16)17(20)21-2/h3-8,10-11H,9H2,1-2H3. The molecule has 3 rings (SSSR count). The van der Waals surface area contributed by atoms with Crippen molar-refractivity contribution in [1.29, 1.82) is 0 Å². The Hall–Kier alpha value is -2.62. The molecule has 0 aliphatic heterocycles. The highest BCUT2D eigenvalue weighted by atomic mass is 16.5. The zero-order valence-electron chi connectivity index (χ0n) is 12.0. The summed E-state index contributed by atoms with van der Waals surface area (Å²) in [6, 6.07) is 12.0. The van der Waals surface area contributed by atoms with E-state index in [-0.39, 0.29) is 5.97 Å². The van der Waals surface area contributed by atoms with Crippen molar-refractivity contribution < 1.29 is 9.53 Å². The summed E-state index contributed by atoms with van der Waals surface area (Å²) in [5, 5.41) is 0. The number of methoxy groups -OCH3 is 1. The molecular weight excluding hydrogens is 264 g/mol. The third kappa shape index (κ3) is 2.65. The van der Waals surface area contributed by atoms with E-state index in [1.807, 2.05) is 16.7 Å². The van der Waals surface area contributed by atoms with Crippen LogP contribution in [0, 0.1) is 6.92 Å². The number of nitrogens with zero attached hydrogens (tertiary/aromatic N) is 2. The number of hydrogen-bond donors (Lipinski definition) is 0. The molecule has 0 fully saturated rings. The number of carbonyl (C=O) groups is 1. The third-order valence-corrected chi connectivity index (χ3v) is 3.51. The van der Waals surface area contributed by atoms with Crippen LogP contribution in [0.4, 0.5) is 0 Å². The zero-order valence-corrected chi connectivity index (χ0v) is 12.0. The minimum absolute atomic E-state index is 0.341. The molecule has 0 saturated heterocycles. The highest BCUT2D eigenvalue weighted by molar-refractivity contribution is 5.89. The minimum atomic E-state index is -0.341. The Balaban J connectivity index is 1.98. The minimum Gasteiger partial charge on any atom is -0.465 e. The van der Waals surface area contributed by atoms with Crippen LogP contribution in [0.25, 0.3) is 5.52 Å². The molecule has 21 heavy (non-hydrogen) atoms. The first-order valence-electron chi connectivity index (χ1n) is 6.77. The Labute approximate surface area is 123 Å². The summed E-state index contributed by atoms with van der Waals surface area (Å²) in [7, 11) is 1.38. The average molecular weight is 280 g/mol. The Kier molecular flexibility index (Phi) is 3.44. The summed E-state index contributed by atoms with van der Waals surface area (Å²) in [5.74, 6) is 0.562. The highest BCUT2D eigenvalue weighted by Gasteiger charge is 2.09. The van der Waals surface area contributed by atoms with Gasteiger partial charge in [0.05, 0.1) is 24.4 Å². The van der Waals surface area contributed by atoms with E-state index in [0.29, 0.717) is 5.56 Å². The summed E-state index contributed by atoms with van der Waals surface area (Å²) in [4.78, 5) is 16.1. The molecule has 0 atom stereocenters. The number of esters is 1. The number of benzene rings is 1. The highest BCUT2D eigenvalue weighted by Crippen LogP contribution is 2.14. The lowest BCUT2D eigenvalue weighted by atomic mass is 10.1. The first kappa shape index (κ1) is 13.4. The maximum absolute atomic E-state index is 11.6. The van der Waals surface area contributed by atoms with Gasteiger partial charge >= 0.3 is 5.97 Å². The number of ether oxygens (including phenoxy) is 1. The van der Waals surface area contributed by atoms with E-state index >= 15 is 0 Å². The fourth-order valence-corrected chi connectivity index (χ4v) is 2.30. The summed E-state index contributed by atoms with van der Waals surface area (Å²) in [6.45, 7) is 2.07. The van der Waals surface area contributed by atoms with E-state index in [1.165, 1.54) is 18.2 Å². The topological polar surface area (TPSA) is 43.6 Å². The molecule has 0 aliphatic rings. The molecule has 0 saturated carbocycles. The van der Waals surface area contributed by atoms with Crippen molar-refractivity contribution in [2.45, 2.75) is 13.3 Å². The molecule has 0 unspecified atom stereocenters. The lowest BCUT2D eigenvalue weighted by Gasteiger charge is -2.05. The van der Waals surface area contributed by atoms with E-state index < -0.39 is 0 Å². The van der Waals surface area contributed by atoms with Crippen LogP contribution in [0.15, 0.2) is 48.8 Å². The molecule has 4 heteroatoms. The maximum Gasteiger partial charge on any atom is 0.339 e. The fourth-order valence-electron chi connectivity index (χ4n) is 2.30. The lowest BCUT2D eigenvalue weighted by molar-refractivity contribution is 0.0600. The van der Waals surface area contributed by atoms with Crippen molar-refractivity contribution in [3.63, 3.8) is 0 Å². The molecule has 1 aromatic carbocycles. The zero-order chi connectivity index (χ0) is 14.8. The van der Waals surface area contributed by atoms with Crippen LogP contribution >= 0.6 is 0 Å². The molecule has 2 heterocycles. The van der Waals surface area contributed by atoms with Crippen molar-refractivity contribution in [2.75, 3.05) is 7.11 Å². The molecule has 0 aliphatic carbocycles. The number of pyridine rings is 1. The maximum atomic E-state index is 11.6. The Morgan fingerprint density at radius 3 is 2.67 bits per heavy atom. The second-order valence-electron chi connectivity index (χ2n) is 5.04. The quantitative estimate of drug-likeness (QED) is 0.693. The summed E-state index contributed by atoms with van der Waals surface area (Å²) >= 11 is 0. The molecule has 2 aromatic heterocycles. The van der Waals surface area contributed by atoms with E-state index in [1.54, 1.807) is 12.3 Å². The molecular formula is C17H16N2O2. The van der Waals surface area contributed by atoms with Gasteiger partial charge in [-0.2, -0.15) is 0 Å². The van der Waals surface area contributed by atoms with E-state index in [9.17, 15) is 4.79 Å². The predicted molar refractivity (Wildman–Crippen MR) is 80.5 cm³/mol. The van der Waals surface area contributed by atoms with Crippen molar-refractivity contribution in [1.82, 2.24) is 9.38 Å². The molecule has 0 amide bonds. The van der Waals surface area contributed by atoms with Gasteiger partial charge in [-0.1, -0.05) is 29.8 Å². The Bertz CT molecular complexity index is 788. The van der Waals surface area contributed by atoms with Crippen LogP contribution in [0.1, 0.15) is 27.3 Å². The van der Waals surface area contributed by atoms with Gasteiger partial charge in [-0.3, -0.25) is 0 Å². The smallest absolute Gasteiger partial charge is 0.339 e. The number of rotatable bonds is 3.